The van der Waals surface area contributed by atoms with E-state index in [0.717, 1.165) is 18.4 Å². The van der Waals surface area contributed by atoms with Crippen LogP contribution in [0.5, 0.6) is 17.2 Å². The molecule has 1 fully saturated rings. The second kappa shape index (κ2) is 9.28. The van der Waals surface area contributed by atoms with Gasteiger partial charge in [-0.3, -0.25) is 4.79 Å². The van der Waals surface area contributed by atoms with Crippen LogP contribution in [0.15, 0.2) is 42.5 Å². The predicted molar refractivity (Wildman–Crippen MR) is 118 cm³/mol. The summed E-state index contributed by atoms with van der Waals surface area (Å²) in [7, 11) is 0. The van der Waals surface area contributed by atoms with Gasteiger partial charge in [0.15, 0.2) is 23.7 Å². The minimum atomic E-state index is -1.26. The number of halogens is 1. The molecule has 0 spiro atoms. The number of hydrogen-bond donors (Lipinski definition) is 0. The highest BCUT2D eigenvalue weighted by atomic mass is 35.5. The Labute approximate surface area is 192 Å². The number of rotatable bonds is 6. The van der Waals surface area contributed by atoms with Crippen LogP contribution in [0.2, 0.25) is 5.02 Å². The number of carbonyl (C=O) groups excluding carboxylic acids is 2. The van der Waals surface area contributed by atoms with Crippen molar-refractivity contribution in [1.29, 1.82) is 0 Å². The maximum atomic E-state index is 12.9. The van der Waals surface area contributed by atoms with Gasteiger partial charge in [-0.1, -0.05) is 17.7 Å². The highest BCUT2D eigenvalue weighted by Gasteiger charge is 2.35. The molecule has 170 valence electrons. The summed E-state index contributed by atoms with van der Waals surface area (Å²) in [5.74, 6) is 1.04. The summed E-state index contributed by atoms with van der Waals surface area (Å²) in [5, 5.41) is 0.571. The van der Waals surface area contributed by atoms with Crippen LogP contribution >= 0.6 is 11.6 Å². The average molecular weight is 460 g/mol. The first-order chi connectivity index (χ1) is 15.3. The number of amides is 1. The number of hydrogen-bond acceptors (Lipinski definition) is 6. The quantitative estimate of drug-likeness (QED) is 0.603. The van der Waals surface area contributed by atoms with Gasteiger partial charge in [0.05, 0.1) is 6.04 Å². The van der Waals surface area contributed by atoms with Crippen LogP contribution in [0.3, 0.4) is 0 Å². The van der Waals surface area contributed by atoms with E-state index in [1.807, 2.05) is 18.2 Å². The molecule has 2 aromatic rings. The van der Waals surface area contributed by atoms with E-state index in [-0.39, 0.29) is 18.6 Å². The number of likely N-dealkylation sites (tertiary alicyclic amines) is 1. The Morgan fingerprint density at radius 1 is 1.09 bits per heavy atom. The molecule has 1 saturated heterocycles. The third-order valence-corrected chi connectivity index (χ3v) is 5.78. The Morgan fingerprint density at radius 3 is 2.56 bits per heavy atom. The topological polar surface area (TPSA) is 74.3 Å². The molecule has 2 aromatic carbocycles. The molecule has 0 N–H and O–H groups in total. The van der Waals surface area contributed by atoms with E-state index in [9.17, 15) is 9.59 Å². The lowest BCUT2D eigenvalue weighted by Gasteiger charge is -2.28. The zero-order chi connectivity index (χ0) is 22.7. The van der Waals surface area contributed by atoms with E-state index < -0.39 is 11.6 Å². The number of ether oxygens (including phenoxy) is 4. The third kappa shape index (κ3) is 4.93. The molecule has 0 aliphatic carbocycles. The van der Waals surface area contributed by atoms with E-state index in [4.69, 9.17) is 30.5 Å². The molecule has 0 radical (unpaired) electrons. The number of nitrogens with zero attached hydrogens (tertiary/aromatic N) is 1. The second-order valence-electron chi connectivity index (χ2n) is 8.29. The summed E-state index contributed by atoms with van der Waals surface area (Å²) in [4.78, 5) is 27.2. The van der Waals surface area contributed by atoms with Crippen molar-refractivity contribution in [2.24, 2.45) is 0 Å². The molecule has 4 rings (SSSR count). The first-order valence-corrected chi connectivity index (χ1v) is 11.0. The SMILES string of the molecule is CC(C)(Oc1ccc(Cl)cc1)C(=O)OCC(=O)N1CCCC1c1ccc2c(c1)OCCO2. The zero-order valence-electron chi connectivity index (χ0n) is 18.1. The van der Waals surface area contributed by atoms with Crippen LogP contribution < -0.4 is 14.2 Å². The number of fused-ring (bicyclic) bond motifs is 1. The van der Waals surface area contributed by atoms with Crippen molar-refractivity contribution in [3.63, 3.8) is 0 Å². The van der Waals surface area contributed by atoms with Gasteiger partial charge in [-0.15, -0.1) is 0 Å². The Hall–Kier alpha value is -2.93. The van der Waals surface area contributed by atoms with Gasteiger partial charge in [-0.25, -0.2) is 4.79 Å². The highest BCUT2D eigenvalue weighted by Crippen LogP contribution is 2.38. The van der Waals surface area contributed by atoms with Crippen LogP contribution in [0.1, 0.15) is 38.3 Å². The van der Waals surface area contributed by atoms with Crippen LogP contribution in [0.25, 0.3) is 0 Å². The van der Waals surface area contributed by atoms with Gasteiger partial charge >= 0.3 is 5.97 Å². The normalized spacial score (nSPS) is 17.7. The van der Waals surface area contributed by atoms with E-state index in [2.05, 4.69) is 0 Å². The Balaban J connectivity index is 1.36. The molecule has 1 amide bonds. The molecule has 1 unspecified atom stereocenters. The van der Waals surface area contributed by atoms with Gasteiger partial charge in [-0.2, -0.15) is 0 Å². The third-order valence-electron chi connectivity index (χ3n) is 5.53. The fourth-order valence-corrected chi connectivity index (χ4v) is 4.03. The Bertz CT molecular complexity index is 990. The molecule has 32 heavy (non-hydrogen) atoms. The average Bonchev–Trinajstić information content (AvgIpc) is 3.28. The van der Waals surface area contributed by atoms with Gasteiger partial charge in [0.1, 0.15) is 19.0 Å². The first-order valence-electron chi connectivity index (χ1n) is 10.6. The van der Waals surface area contributed by atoms with Crippen LogP contribution in [0, 0.1) is 0 Å². The Morgan fingerprint density at radius 2 is 1.81 bits per heavy atom. The summed E-state index contributed by atoms with van der Waals surface area (Å²) >= 11 is 5.88. The van der Waals surface area contributed by atoms with E-state index in [1.54, 1.807) is 43.0 Å². The lowest BCUT2D eigenvalue weighted by atomic mass is 10.0. The summed E-state index contributed by atoms with van der Waals surface area (Å²) < 4.78 is 22.3. The maximum Gasteiger partial charge on any atom is 0.350 e. The van der Waals surface area contributed by atoms with Crippen molar-refractivity contribution in [2.75, 3.05) is 26.4 Å². The summed E-state index contributed by atoms with van der Waals surface area (Å²) in [6.07, 6.45) is 1.72. The van der Waals surface area contributed by atoms with Gasteiger partial charge in [0, 0.05) is 11.6 Å². The predicted octanol–water partition coefficient (Wildman–Crippen LogP) is 4.18. The molecule has 2 aliphatic rings. The minimum Gasteiger partial charge on any atom is -0.486 e. The van der Waals surface area contributed by atoms with E-state index in [0.29, 0.717) is 42.0 Å². The molecule has 2 aliphatic heterocycles. The molecular weight excluding hydrogens is 434 g/mol. The van der Waals surface area contributed by atoms with Crippen LogP contribution in [-0.4, -0.2) is 48.7 Å². The largest absolute Gasteiger partial charge is 0.486 e. The molecule has 0 aromatic heterocycles. The molecular formula is C24H26ClNO6. The van der Waals surface area contributed by atoms with Gasteiger partial charge in [-0.05, 0) is 68.7 Å². The maximum absolute atomic E-state index is 12.9. The monoisotopic (exact) mass is 459 g/mol. The fourth-order valence-electron chi connectivity index (χ4n) is 3.90. The first kappa shape index (κ1) is 22.3. The number of benzene rings is 2. The summed E-state index contributed by atoms with van der Waals surface area (Å²) in [6, 6.07) is 12.4. The number of carbonyl (C=O) groups is 2. The smallest absolute Gasteiger partial charge is 0.350 e. The number of esters is 1. The second-order valence-corrected chi connectivity index (χ2v) is 8.73. The lowest BCUT2D eigenvalue weighted by Crippen LogP contribution is -2.42. The van der Waals surface area contributed by atoms with Crippen LogP contribution in [0.4, 0.5) is 0 Å². The van der Waals surface area contributed by atoms with Crippen molar-refractivity contribution < 1.29 is 28.5 Å². The van der Waals surface area contributed by atoms with Crippen molar-refractivity contribution in [3.8, 4) is 17.2 Å². The van der Waals surface area contributed by atoms with Crippen molar-refractivity contribution in [1.82, 2.24) is 4.90 Å². The minimum absolute atomic E-state index is 0.0876. The Kier molecular flexibility index (Phi) is 6.46. The van der Waals surface area contributed by atoms with Gasteiger partial charge in [0.2, 0.25) is 0 Å². The summed E-state index contributed by atoms with van der Waals surface area (Å²) in [5.41, 5.74) is -0.272. The lowest BCUT2D eigenvalue weighted by molar-refractivity contribution is -0.164. The van der Waals surface area contributed by atoms with Crippen molar-refractivity contribution in [3.05, 3.63) is 53.1 Å². The van der Waals surface area contributed by atoms with E-state index >= 15 is 0 Å². The highest BCUT2D eigenvalue weighted by molar-refractivity contribution is 6.30. The van der Waals surface area contributed by atoms with Crippen LogP contribution in [-0.2, 0) is 14.3 Å². The fraction of sp³-hybridized carbons (Fsp3) is 0.417. The molecule has 0 bridgehead atoms. The molecule has 1 atom stereocenters. The van der Waals surface area contributed by atoms with Gasteiger partial charge < -0.3 is 23.8 Å². The van der Waals surface area contributed by atoms with E-state index in [1.165, 1.54) is 0 Å². The van der Waals surface area contributed by atoms with Crippen molar-refractivity contribution >= 4 is 23.5 Å². The molecule has 7 nitrogen and oxygen atoms in total. The zero-order valence-corrected chi connectivity index (χ0v) is 18.9. The summed E-state index contributed by atoms with van der Waals surface area (Å²) in [6.45, 7) is 4.51. The molecule has 2 heterocycles. The molecule has 0 saturated carbocycles. The molecule has 8 heteroatoms. The van der Waals surface area contributed by atoms with Gasteiger partial charge in [0.25, 0.3) is 5.91 Å². The standard InChI is InChI=1S/C24H26ClNO6/c1-24(2,32-18-8-6-17(25)7-9-18)23(28)31-15-22(27)26-11-3-4-19(26)16-5-10-20-21(14-16)30-13-12-29-20/h5-10,14,19H,3-4,11-13,15H2,1-2H3. The van der Waals surface area contributed by atoms with Crippen molar-refractivity contribution in [2.45, 2.75) is 38.3 Å².